The number of nitrogens with zero attached hydrogens (tertiary/aromatic N) is 1. The largest absolute Gasteiger partial charge is 0.573 e. The van der Waals surface area contributed by atoms with Gasteiger partial charge in [0.05, 0.1) is 12.7 Å². The first kappa shape index (κ1) is 18.1. The van der Waals surface area contributed by atoms with Crippen molar-refractivity contribution in [2.45, 2.75) is 25.9 Å². The van der Waals surface area contributed by atoms with E-state index in [0.29, 0.717) is 25.4 Å². The minimum atomic E-state index is -4.71. The number of ether oxygens (including phenoxy) is 2. The van der Waals surface area contributed by atoms with E-state index < -0.39 is 6.36 Å². The van der Waals surface area contributed by atoms with Crippen LogP contribution < -0.4 is 9.64 Å². The third-order valence-corrected chi connectivity index (χ3v) is 4.83. The first-order valence-electron chi connectivity index (χ1n) is 7.83. The fourth-order valence-electron chi connectivity index (χ4n) is 2.92. The molecule has 0 saturated heterocycles. The topological polar surface area (TPSA) is 21.7 Å². The van der Waals surface area contributed by atoms with Crippen LogP contribution >= 0.6 is 15.9 Å². The number of halogens is 4. The Bertz CT molecular complexity index is 751. The van der Waals surface area contributed by atoms with E-state index in [2.05, 4.69) is 20.7 Å². The number of hydrogen-bond donors (Lipinski definition) is 0. The molecule has 0 aliphatic carbocycles. The summed E-state index contributed by atoms with van der Waals surface area (Å²) >= 11 is 3.57. The van der Waals surface area contributed by atoms with E-state index in [9.17, 15) is 13.2 Å². The lowest BCUT2D eigenvalue weighted by molar-refractivity contribution is -0.274. The predicted octanol–water partition coefficient (Wildman–Crippen LogP) is 5.45. The van der Waals surface area contributed by atoms with Gasteiger partial charge in [0.15, 0.2) is 0 Å². The van der Waals surface area contributed by atoms with E-state index in [-0.39, 0.29) is 11.9 Å². The summed E-state index contributed by atoms with van der Waals surface area (Å²) in [5.41, 5.74) is 2.79. The van der Waals surface area contributed by atoms with Gasteiger partial charge in [0.1, 0.15) is 5.75 Å². The van der Waals surface area contributed by atoms with Gasteiger partial charge < -0.3 is 14.4 Å². The Morgan fingerprint density at radius 2 is 1.96 bits per heavy atom. The molecule has 0 aromatic heterocycles. The minimum Gasteiger partial charge on any atom is -0.406 e. The maximum absolute atomic E-state index is 12.5. The van der Waals surface area contributed by atoms with Crippen molar-refractivity contribution in [3.8, 4) is 5.75 Å². The fraction of sp³-hybridized carbons (Fsp3) is 0.333. The summed E-state index contributed by atoms with van der Waals surface area (Å²) < 4.78 is 48.2. The summed E-state index contributed by atoms with van der Waals surface area (Å²) in [5, 5.41) is 0. The molecule has 0 radical (unpaired) electrons. The fourth-order valence-corrected chi connectivity index (χ4v) is 3.43. The molecule has 2 aromatic carbocycles. The molecule has 0 saturated carbocycles. The molecule has 0 amide bonds. The van der Waals surface area contributed by atoms with Crippen molar-refractivity contribution in [1.29, 1.82) is 0 Å². The number of rotatable bonds is 2. The molecule has 1 heterocycles. The van der Waals surface area contributed by atoms with Crippen LogP contribution in [-0.4, -0.2) is 19.5 Å². The Hall–Kier alpha value is -1.73. The van der Waals surface area contributed by atoms with Crippen LogP contribution in [0.2, 0.25) is 0 Å². The second-order valence-corrected chi connectivity index (χ2v) is 6.64. The lowest BCUT2D eigenvalue weighted by Gasteiger charge is -2.31. The molecule has 134 valence electrons. The Labute approximate surface area is 152 Å². The highest BCUT2D eigenvalue weighted by Gasteiger charge is 2.31. The summed E-state index contributed by atoms with van der Waals surface area (Å²) in [4.78, 5) is 1.98. The summed E-state index contributed by atoms with van der Waals surface area (Å²) in [5.74, 6) is -0.228. The molecule has 1 atom stereocenters. The van der Waals surface area contributed by atoms with Crippen LogP contribution in [0.15, 0.2) is 46.9 Å². The van der Waals surface area contributed by atoms with Crippen molar-refractivity contribution < 1.29 is 22.6 Å². The average molecular weight is 416 g/mol. The summed E-state index contributed by atoms with van der Waals surface area (Å²) in [6, 6.07) is 11.9. The van der Waals surface area contributed by atoms with Crippen molar-refractivity contribution in [3.05, 3.63) is 58.1 Å². The maximum Gasteiger partial charge on any atom is 0.573 e. The van der Waals surface area contributed by atoms with E-state index in [1.165, 1.54) is 12.1 Å². The van der Waals surface area contributed by atoms with Gasteiger partial charge in [-0.25, -0.2) is 0 Å². The van der Waals surface area contributed by atoms with E-state index in [1.54, 1.807) is 12.1 Å². The van der Waals surface area contributed by atoms with Crippen LogP contribution in [0.3, 0.4) is 0 Å². The first-order valence-corrected chi connectivity index (χ1v) is 8.62. The van der Waals surface area contributed by atoms with Crippen LogP contribution in [0.1, 0.15) is 24.2 Å². The third kappa shape index (κ3) is 4.46. The highest BCUT2D eigenvalue weighted by atomic mass is 79.9. The van der Waals surface area contributed by atoms with Crippen LogP contribution in [0, 0.1) is 0 Å². The van der Waals surface area contributed by atoms with E-state index in [0.717, 1.165) is 15.6 Å². The number of fused-ring (bicyclic) bond motifs is 1. The number of alkyl halides is 3. The molecule has 25 heavy (non-hydrogen) atoms. The van der Waals surface area contributed by atoms with Gasteiger partial charge in [0, 0.05) is 29.3 Å². The van der Waals surface area contributed by atoms with Gasteiger partial charge in [-0.1, -0.05) is 34.1 Å². The summed E-state index contributed by atoms with van der Waals surface area (Å²) in [7, 11) is 0. The molecule has 3 rings (SSSR count). The third-order valence-electron chi connectivity index (χ3n) is 4.09. The monoisotopic (exact) mass is 415 g/mol. The number of benzene rings is 2. The van der Waals surface area contributed by atoms with Crippen molar-refractivity contribution in [3.63, 3.8) is 0 Å². The van der Waals surface area contributed by atoms with Gasteiger partial charge >= 0.3 is 6.36 Å². The lowest BCUT2D eigenvalue weighted by atomic mass is 10.0. The molecule has 7 heteroatoms. The molecule has 0 fully saturated rings. The second-order valence-electron chi connectivity index (χ2n) is 5.79. The standard InChI is InChI=1S/C18H17BrF3NO2/c1-12-15-6-3-7-17(19)16(15)11-23(8-9-24-12)13-4-2-5-14(10-13)25-18(20,21)22/h2-7,10,12H,8-9,11H2,1H3. The average Bonchev–Trinajstić information content (AvgIpc) is 2.52. The van der Waals surface area contributed by atoms with Gasteiger partial charge in [-0.3, -0.25) is 0 Å². The van der Waals surface area contributed by atoms with E-state index in [1.807, 2.05) is 30.0 Å². The van der Waals surface area contributed by atoms with Crippen molar-refractivity contribution in [2.24, 2.45) is 0 Å². The zero-order chi connectivity index (χ0) is 18.0. The van der Waals surface area contributed by atoms with E-state index >= 15 is 0 Å². The molecule has 0 spiro atoms. The van der Waals surface area contributed by atoms with E-state index in [4.69, 9.17) is 4.74 Å². The highest BCUT2D eigenvalue weighted by Crippen LogP contribution is 2.33. The van der Waals surface area contributed by atoms with Gasteiger partial charge in [-0.15, -0.1) is 13.2 Å². The minimum absolute atomic E-state index is 0.0328. The second kappa shape index (κ2) is 7.25. The Balaban J connectivity index is 1.92. The molecular formula is C18H17BrF3NO2. The number of anilines is 1. The van der Waals surface area contributed by atoms with Crippen molar-refractivity contribution >= 4 is 21.6 Å². The van der Waals surface area contributed by atoms with Crippen LogP contribution in [0.5, 0.6) is 5.75 Å². The Morgan fingerprint density at radius 1 is 1.20 bits per heavy atom. The van der Waals surface area contributed by atoms with Crippen molar-refractivity contribution in [1.82, 2.24) is 0 Å². The lowest BCUT2D eigenvalue weighted by Crippen LogP contribution is -2.30. The Morgan fingerprint density at radius 3 is 2.72 bits per heavy atom. The molecule has 0 bridgehead atoms. The van der Waals surface area contributed by atoms with Crippen LogP contribution in [0.25, 0.3) is 0 Å². The quantitative estimate of drug-likeness (QED) is 0.651. The smallest absolute Gasteiger partial charge is 0.406 e. The molecule has 1 aliphatic heterocycles. The Kier molecular flexibility index (Phi) is 5.24. The first-order chi connectivity index (χ1) is 11.8. The molecule has 1 aliphatic rings. The summed E-state index contributed by atoms with van der Waals surface area (Å²) in [6.45, 7) is 3.62. The van der Waals surface area contributed by atoms with Crippen LogP contribution in [-0.2, 0) is 11.3 Å². The predicted molar refractivity (Wildman–Crippen MR) is 92.7 cm³/mol. The molecule has 0 N–H and O–H groups in total. The number of hydrogen-bond acceptors (Lipinski definition) is 3. The van der Waals surface area contributed by atoms with Crippen molar-refractivity contribution in [2.75, 3.05) is 18.1 Å². The SMILES string of the molecule is CC1OCCN(c2cccc(OC(F)(F)F)c2)Cc2c(Br)cccc21. The molecule has 1 unspecified atom stereocenters. The summed E-state index contributed by atoms with van der Waals surface area (Å²) in [6.07, 6.45) is -4.74. The van der Waals surface area contributed by atoms with Gasteiger partial charge in [-0.2, -0.15) is 0 Å². The highest BCUT2D eigenvalue weighted by molar-refractivity contribution is 9.10. The van der Waals surface area contributed by atoms with Gasteiger partial charge in [0.2, 0.25) is 0 Å². The van der Waals surface area contributed by atoms with Crippen LogP contribution in [0.4, 0.5) is 18.9 Å². The van der Waals surface area contributed by atoms with Gasteiger partial charge in [0.25, 0.3) is 0 Å². The molecular weight excluding hydrogens is 399 g/mol. The zero-order valence-corrected chi connectivity index (χ0v) is 15.1. The normalized spacial score (nSPS) is 18.3. The maximum atomic E-state index is 12.5. The molecule has 2 aromatic rings. The zero-order valence-electron chi connectivity index (χ0n) is 13.5. The molecule has 3 nitrogen and oxygen atoms in total. The van der Waals surface area contributed by atoms with Gasteiger partial charge in [-0.05, 0) is 36.2 Å².